The number of thiazole rings is 1. The number of tetrazole rings is 1. The minimum atomic E-state index is 0.520. The zero-order valence-electron chi connectivity index (χ0n) is 17.2. The van der Waals surface area contributed by atoms with E-state index in [0.717, 1.165) is 37.0 Å². The number of rotatable bonds is 10. The van der Waals surface area contributed by atoms with Gasteiger partial charge in [-0.25, -0.2) is 4.98 Å². The highest BCUT2D eigenvalue weighted by molar-refractivity contribution is 7.09. The fraction of sp³-hybridized carbons (Fsp3) is 0.524. The Morgan fingerprint density at radius 2 is 1.96 bits per heavy atom. The van der Waals surface area contributed by atoms with Crippen LogP contribution < -0.4 is 4.74 Å². The Balaban J connectivity index is 1.54. The van der Waals surface area contributed by atoms with Gasteiger partial charge in [0.1, 0.15) is 5.75 Å². The molecule has 0 aliphatic carbocycles. The van der Waals surface area contributed by atoms with E-state index in [1.165, 1.54) is 22.7 Å². The van der Waals surface area contributed by atoms with E-state index in [1.54, 1.807) is 23.2 Å². The van der Waals surface area contributed by atoms with Gasteiger partial charge in [-0.15, -0.1) is 21.5 Å². The molecule has 0 aliphatic heterocycles. The van der Waals surface area contributed by atoms with Gasteiger partial charge in [-0.05, 0) is 61.6 Å². The maximum Gasteiger partial charge on any atom is 0.204 e. The summed E-state index contributed by atoms with van der Waals surface area (Å²) in [7, 11) is 1.72. The molecule has 0 fully saturated rings. The smallest absolute Gasteiger partial charge is 0.204 e. The SMILES string of the molecule is CCn1nnc(-c2ccc(OC)c(CCCCCc3csc(C(C)C)n3)c2)n1. The van der Waals surface area contributed by atoms with Crippen LogP contribution in [0.3, 0.4) is 0 Å². The van der Waals surface area contributed by atoms with Crippen molar-refractivity contribution in [2.24, 2.45) is 0 Å². The predicted molar refractivity (Wildman–Crippen MR) is 113 cm³/mol. The van der Waals surface area contributed by atoms with Gasteiger partial charge in [0, 0.05) is 16.9 Å². The molecule has 7 heteroatoms. The number of benzene rings is 1. The molecule has 0 amide bonds. The van der Waals surface area contributed by atoms with Gasteiger partial charge in [-0.2, -0.15) is 4.80 Å². The molecular formula is C21H29N5OS. The highest BCUT2D eigenvalue weighted by Gasteiger charge is 2.10. The highest BCUT2D eigenvalue weighted by atomic mass is 32.1. The molecule has 150 valence electrons. The Hall–Kier alpha value is -2.28. The van der Waals surface area contributed by atoms with E-state index in [9.17, 15) is 0 Å². The summed E-state index contributed by atoms with van der Waals surface area (Å²) in [6, 6.07) is 6.12. The van der Waals surface area contributed by atoms with Crippen LogP contribution in [0.4, 0.5) is 0 Å². The van der Waals surface area contributed by atoms with Crippen LogP contribution >= 0.6 is 11.3 Å². The summed E-state index contributed by atoms with van der Waals surface area (Å²) in [5.74, 6) is 2.11. The predicted octanol–water partition coefficient (Wildman–Crippen LogP) is 4.90. The van der Waals surface area contributed by atoms with Gasteiger partial charge in [0.05, 0.1) is 24.4 Å². The summed E-state index contributed by atoms with van der Waals surface area (Å²) < 4.78 is 5.54. The molecule has 1 aromatic carbocycles. The van der Waals surface area contributed by atoms with Crippen molar-refractivity contribution < 1.29 is 4.74 Å². The standard InChI is InChI=1S/C21H29N5OS/c1-5-26-24-20(23-25-26)17-11-12-19(27-4)16(13-17)9-7-6-8-10-18-14-28-21(22-18)15(2)3/h11-15H,5-10H2,1-4H3. The van der Waals surface area contributed by atoms with Crippen LogP contribution in [-0.4, -0.2) is 32.3 Å². The fourth-order valence-corrected chi connectivity index (χ4v) is 3.98. The monoisotopic (exact) mass is 399 g/mol. The summed E-state index contributed by atoms with van der Waals surface area (Å²) in [5.41, 5.74) is 3.42. The molecule has 0 N–H and O–H groups in total. The first-order chi connectivity index (χ1) is 13.6. The van der Waals surface area contributed by atoms with Crippen LogP contribution in [0.1, 0.15) is 62.2 Å². The summed E-state index contributed by atoms with van der Waals surface area (Å²) in [6.45, 7) is 7.11. The summed E-state index contributed by atoms with van der Waals surface area (Å²) in [6.07, 6.45) is 5.50. The van der Waals surface area contributed by atoms with Crippen molar-refractivity contribution in [2.45, 2.75) is 65.3 Å². The van der Waals surface area contributed by atoms with Gasteiger partial charge in [-0.3, -0.25) is 0 Å². The Labute approximate surface area is 171 Å². The number of aromatic nitrogens is 5. The molecule has 0 aliphatic rings. The third-order valence-electron chi connectivity index (χ3n) is 4.72. The number of unbranched alkanes of at least 4 members (excludes halogenated alkanes) is 2. The molecule has 0 unspecified atom stereocenters. The van der Waals surface area contributed by atoms with Crippen LogP contribution in [0.5, 0.6) is 5.75 Å². The van der Waals surface area contributed by atoms with Crippen molar-refractivity contribution in [1.82, 2.24) is 25.2 Å². The van der Waals surface area contributed by atoms with Crippen molar-refractivity contribution >= 4 is 11.3 Å². The Morgan fingerprint density at radius 1 is 1.14 bits per heavy atom. The normalized spacial score (nSPS) is 11.3. The molecule has 28 heavy (non-hydrogen) atoms. The van der Waals surface area contributed by atoms with Crippen molar-refractivity contribution in [2.75, 3.05) is 7.11 Å². The summed E-state index contributed by atoms with van der Waals surface area (Å²) in [5, 5.41) is 16.0. The lowest BCUT2D eigenvalue weighted by molar-refractivity contribution is 0.409. The zero-order valence-corrected chi connectivity index (χ0v) is 18.0. The second-order valence-corrected chi connectivity index (χ2v) is 8.11. The number of hydrogen-bond acceptors (Lipinski definition) is 6. The molecule has 3 rings (SSSR count). The fourth-order valence-electron chi connectivity index (χ4n) is 3.11. The Bertz CT molecular complexity index is 887. The van der Waals surface area contributed by atoms with Gasteiger partial charge in [0.2, 0.25) is 5.82 Å². The van der Waals surface area contributed by atoms with Crippen LogP contribution in [0.15, 0.2) is 23.6 Å². The molecule has 3 aromatic rings. The number of hydrogen-bond donors (Lipinski definition) is 0. The Morgan fingerprint density at radius 3 is 2.64 bits per heavy atom. The van der Waals surface area contributed by atoms with Crippen molar-refractivity contribution in [3.8, 4) is 17.1 Å². The van der Waals surface area contributed by atoms with E-state index < -0.39 is 0 Å². The second-order valence-electron chi connectivity index (χ2n) is 7.22. The molecule has 0 saturated heterocycles. The van der Waals surface area contributed by atoms with Crippen molar-refractivity contribution in [3.05, 3.63) is 39.8 Å². The largest absolute Gasteiger partial charge is 0.496 e. The van der Waals surface area contributed by atoms with Crippen molar-refractivity contribution in [1.29, 1.82) is 0 Å². The molecule has 0 spiro atoms. The summed E-state index contributed by atoms with van der Waals surface area (Å²) in [4.78, 5) is 6.32. The van der Waals surface area contributed by atoms with Crippen LogP contribution in [0.25, 0.3) is 11.4 Å². The molecule has 2 heterocycles. The van der Waals surface area contributed by atoms with E-state index >= 15 is 0 Å². The van der Waals surface area contributed by atoms with Crippen LogP contribution in [0.2, 0.25) is 0 Å². The Kier molecular flexibility index (Phi) is 7.14. The van der Waals surface area contributed by atoms with E-state index in [4.69, 9.17) is 9.72 Å². The zero-order chi connectivity index (χ0) is 19.9. The quantitative estimate of drug-likeness (QED) is 0.454. The van der Waals surface area contributed by atoms with Crippen molar-refractivity contribution in [3.63, 3.8) is 0 Å². The molecule has 0 saturated carbocycles. The first-order valence-electron chi connectivity index (χ1n) is 10.00. The van der Waals surface area contributed by atoms with E-state index in [-0.39, 0.29) is 0 Å². The first kappa shape index (κ1) is 20.5. The number of nitrogens with zero attached hydrogens (tertiary/aromatic N) is 5. The number of methoxy groups -OCH3 is 1. The van der Waals surface area contributed by atoms with Gasteiger partial charge < -0.3 is 4.74 Å². The molecule has 6 nitrogen and oxygen atoms in total. The van der Waals surface area contributed by atoms with Gasteiger partial charge in [0.25, 0.3) is 0 Å². The number of ether oxygens (including phenoxy) is 1. The third kappa shape index (κ3) is 5.16. The average molecular weight is 400 g/mol. The minimum absolute atomic E-state index is 0.520. The lowest BCUT2D eigenvalue weighted by atomic mass is 10.0. The molecule has 0 bridgehead atoms. The van der Waals surface area contributed by atoms with Crippen LogP contribution in [0, 0.1) is 0 Å². The van der Waals surface area contributed by atoms with Gasteiger partial charge >= 0.3 is 0 Å². The first-order valence-corrected chi connectivity index (χ1v) is 10.9. The molecule has 2 aromatic heterocycles. The lowest BCUT2D eigenvalue weighted by Gasteiger charge is -2.09. The average Bonchev–Trinajstić information content (AvgIpc) is 3.37. The lowest BCUT2D eigenvalue weighted by Crippen LogP contribution is -1.98. The summed E-state index contributed by atoms with van der Waals surface area (Å²) >= 11 is 1.78. The van der Waals surface area contributed by atoms with Gasteiger partial charge in [0.15, 0.2) is 0 Å². The van der Waals surface area contributed by atoms with E-state index in [2.05, 4.69) is 40.7 Å². The third-order valence-corrected chi connectivity index (χ3v) is 5.91. The highest BCUT2D eigenvalue weighted by Crippen LogP contribution is 2.26. The topological polar surface area (TPSA) is 65.7 Å². The number of aryl methyl sites for hydroxylation is 3. The van der Waals surface area contributed by atoms with E-state index in [1.807, 2.05) is 19.1 Å². The van der Waals surface area contributed by atoms with Crippen LogP contribution in [-0.2, 0) is 19.4 Å². The maximum atomic E-state index is 5.54. The molecule has 0 radical (unpaired) electrons. The van der Waals surface area contributed by atoms with Gasteiger partial charge in [-0.1, -0.05) is 20.3 Å². The molecular weight excluding hydrogens is 370 g/mol. The maximum absolute atomic E-state index is 5.54. The van der Waals surface area contributed by atoms with E-state index in [0.29, 0.717) is 18.3 Å². The molecule has 0 atom stereocenters. The minimum Gasteiger partial charge on any atom is -0.496 e. The second kappa shape index (κ2) is 9.78.